The normalized spacial score (nSPS) is 16.2. The fraction of sp³-hybridized carbons (Fsp3) is 0.105. The van der Waals surface area contributed by atoms with E-state index in [1.54, 1.807) is 6.08 Å². The number of benzene rings is 2. The van der Waals surface area contributed by atoms with Crippen molar-refractivity contribution in [2.45, 2.75) is 12.6 Å². The van der Waals surface area contributed by atoms with E-state index in [2.05, 4.69) is 0 Å². The summed E-state index contributed by atoms with van der Waals surface area (Å²) in [5, 5.41) is 0. The molecule has 2 aromatic carbocycles. The van der Waals surface area contributed by atoms with Crippen LogP contribution < -0.4 is 0 Å². The monoisotopic (exact) mass is 330 g/mol. The molecule has 0 radical (unpaired) electrons. The van der Waals surface area contributed by atoms with Gasteiger partial charge >= 0.3 is 12.1 Å². The molecule has 0 spiro atoms. The van der Waals surface area contributed by atoms with Gasteiger partial charge in [0.2, 0.25) is 0 Å². The average Bonchev–Trinajstić information content (AvgIpc) is 2.87. The Kier molecular flexibility index (Phi) is 4.25. The number of alkyl halides is 3. The van der Waals surface area contributed by atoms with Gasteiger partial charge in [0.05, 0.1) is 5.56 Å². The Balaban J connectivity index is 1.77. The Labute approximate surface area is 136 Å². The van der Waals surface area contributed by atoms with Crippen molar-refractivity contribution in [2.24, 2.45) is 0 Å². The molecule has 2 nitrogen and oxygen atoms in total. The molecule has 0 aliphatic carbocycles. The summed E-state index contributed by atoms with van der Waals surface area (Å²) in [5.41, 5.74) is 1.31. The highest BCUT2D eigenvalue weighted by Crippen LogP contribution is 2.30. The molecule has 0 unspecified atom stereocenters. The van der Waals surface area contributed by atoms with Gasteiger partial charge in [0.15, 0.2) is 0 Å². The molecule has 5 heteroatoms. The van der Waals surface area contributed by atoms with Crippen LogP contribution in [0.25, 0.3) is 6.08 Å². The zero-order valence-electron chi connectivity index (χ0n) is 12.5. The van der Waals surface area contributed by atoms with Crippen LogP contribution in [0.15, 0.2) is 72.0 Å². The van der Waals surface area contributed by atoms with Crippen molar-refractivity contribution < 1.29 is 22.7 Å². The number of cyclic esters (lactones) is 1. The van der Waals surface area contributed by atoms with Crippen LogP contribution in [0.4, 0.5) is 13.2 Å². The fourth-order valence-electron chi connectivity index (χ4n) is 2.38. The topological polar surface area (TPSA) is 26.3 Å². The van der Waals surface area contributed by atoms with Crippen molar-refractivity contribution in [2.75, 3.05) is 0 Å². The van der Waals surface area contributed by atoms with E-state index < -0.39 is 17.7 Å². The van der Waals surface area contributed by atoms with Gasteiger partial charge in [-0.15, -0.1) is 0 Å². The molecule has 1 aliphatic heterocycles. The van der Waals surface area contributed by atoms with E-state index in [4.69, 9.17) is 4.74 Å². The van der Waals surface area contributed by atoms with Gasteiger partial charge in [0.25, 0.3) is 0 Å². The zero-order chi connectivity index (χ0) is 17.2. The fourth-order valence-corrected chi connectivity index (χ4v) is 2.38. The summed E-state index contributed by atoms with van der Waals surface area (Å²) in [6.07, 6.45) is -0.763. The van der Waals surface area contributed by atoms with Crippen molar-refractivity contribution in [3.05, 3.63) is 88.7 Å². The number of carbonyl (C=O) groups is 1. The van der Waals surface area contributed by atoms with Gasteiger partial charge < -0.3 is 4.74 Å². The van der Waals surface area contributed by atoms with Gasteiger partial charge in [-0.25, -0.2) is 4.79 Å². The lowest BCUT2D eigenvalue weighted by molar-refractivity contribution is -0.137. The number of esters is 1. The average molecular weight is 330 g/mol. The summed E-state index contributed by atoms with van der Waals surface area (Å²) in [5.74, 6) is -0.109. The predicted octanol–water partition coefficient (Wildman–Crippen LogP) is 4.77. The minimum atomic E-state index is -4.37. The number of allylic oxidation sites excluding steroid dienone is 1. The van der Waals surface area contributed by atoms with Crippen molar-refractivity contribution in [1.82, 2.24) is 0 Å². The number of hydrogen-bond donors (Lipinski definition) is 0. The van der Waals surface area contributed by atoms with Crippen LogP contribution in [0.2, 0.25) is 0 Å². The standard InChI is InChI=1S/C19H13F3O2/c20-19(21,22)16-8-6-14(7-9-16)11-17-12-15(18(23)24-17)10-13-4-2-1-3-5-13/h1-9,11-12H,10H2/b17-11+. The maximum absolute atomic E-state index is 12.5. The van der Waals surface area contributed by atoms with Crippen molar-refractivity contribution in [1.29, 1.82) is 0 Å². The molecule has 0 fully saturated rings. The first-order valence-corrected chi connectivity index (χ1v) is 7.27. The van der Waals surface area contributed by atoms with Crippen molar-refractivity contribution in [3.63, 3.8) is 0 Å². The maximum Gasteiger partial charge on any atom is 0.416 e. The molecule has 24 heavy (non-hydrogen) atoms. The van der Waals surface area contributed by atoms with Gasteiger partial charge in [-0.1, -0.05) is 42.5 Å². The van der Waals surface area contributed by atoms with Crippen LogP contribution in [-0.4, -0.2) is 5.97 Å². The Morgan fingerprint density at radius 1 is 0.958 bits per heavy atom. The lowest BCUT2D eigenvalue weighted by atomic mass is 10.1. The minimum Gasteiger partial charge on any atom is -0.423 e. The SMILES string of the molecule is O=C1O/C(=C/c2ccc(C(F)(F)F)cc2)C=C1Cc1ccccc1. The van der Waals surface area contributed by atoms with Crippen LogP contribution in [-0.2, 0) is 22.1 Å². The largest absolute Gasteiger partial charge is 0.423 e. The van der Waals surface area contributed by atoms with E-state index in [1.807, 2.05) is 30.3 Å². The highest BCUT2D eigenvalue weighted by molar-refractivity contribution is 5.94. The number of carbonyl (C=O) groups excluding carboxylic acids is 1. The molecule has 0 amide bonds. The molecule has 0 N–H and O–H groups in total. The summed E-state index contributed by atoms with van der Waals surface area (Å²) in [7, 11) is 0. The molecule has 0 aromatic heterocycles. The van der Waals surface area contributed by atoms with E-state index in [0.29, 0.717) is 23.3 Å². The summed E-state index contributed by atoms with van der Waals surface area (Å²) in [6, 6.07) is 14.2. The van der Waals surface area contributed by atoms with Crippen LogP contribution >= 0.6 is 0 Å². The summed E-state index contributed by atoms with van der Waals surface area (Å²) in [6.45, 7) is 0. The second-order valence-electron chi connectivity index (χ2n) is 5.39. The molecule has 0 bridgehead atoms. The second-order valence-corrected chi connectivity index (χ2v) is 5.39. The molecule has 2 aromatic rings. The molecule has 3 rings (SSSR count). The Bertz CT molecular complexity index is 801. The maximum atomic E-state index is 12.5. The summed E-state index contributed by atoms with van der Waals surface area (Å²) < 4.78 is 42.8. The minimum absolute atomic E-state index is 0.325. The Morgan fingerprint density at radius 2 is 1.62 bits per heavy atom. The van der Waals surface area contributed by atoms with E-state index in [-0.39, 0.29) is 0 Å². The van der Waals surface area contributed by atoms with E-state index in [0.717, 1.165) is 17.7 Å². The van der Waals surface area contributed by atoms with Crippen molar-refractivity contribution in [3.8, 4) is 0 Å². The molecular formula is C19H13F3O2. The van der Waals surface area contributed by atoms with E-state index in [1.165, 1.54) is 18.2 Å². The second kappa shape index (κ2) is 6.35. The summed E-state index contributed by atoms with van der Waals surface area (Å²) >= 11 is 0. The van der Waals surface area contributed by atoms with Gasteiger partial charge in [-0.05, 0) is 35.4 Å². The first-order valence-electron chi connectivity index (χ1n) is 7.27. The van der Waals surface area contributed by atoms with Crippen LogP contribution in [0.3, 0.4) is 0 Å². The predicted molar refractivity (Wildman–Crippen MR) is 83.7 cm³/mol. The molecule has 1 heterocycles. The lowest BCUT2D eigenvalue weighted by Gasteiger charge is -2.06. The highest BCUT2D eigenvalue weighted by atomic mass is 19.4. The Hall–Kier alpha value is -2.82. The van der Waals surface area contributed by atoms with Gasteiger partial charge in [-0.2, -0.15) is 13.2 Å². The Morgan fingerprint density at radius 3 is 2.25 bits per heavy atom. The molecule has 0 atom stereocenters. The van der Waals surface area contributed by atoms with Crippen molar-refractivity contribution >= 4 is 12.0 Å². The highest BCUT2D eigenvalue weighted by Gasteiger charge is 2.30. The number of halogens is 3. The van der Waals surface area contributed by atoms with Crippen LogP contribution in [0.5, 0.6) is 0 Å². The smallest absolute Gasteiger partial charge is 0.416 e. The van der Waals surface area contributed by atoms with Gasteiger partial charge in [-0.3, -0.25) is 0 Å². The first kappa shape index (κ1) is 16.1. The van der Waals surface area contributed by atoms with E-state index in [9.17, 15) is 18.0 Å². The lowest BCUT2D eigenvalue weighted by Crippen LogP contribution is -2.04. The van der Waals surface area contributed by atoms with Gasteiger partial charge in [0.1, 0.15) is 5.76 Å². The molecule has 122 valence electrons. The third kappa shape index (κ3) is 3.74. The first-order chi connectivity index (χ1) is 11.4. The van der Waals surface area contributed by atoms with Gasteiger partial charge in [0, 0.05) is 12.0 Å². The molecule has 0 saturated carbocycles. The van der Waals surface area contributed by atoms with E-state index >= 15 is 0 Å². The zero-order valence-corrected chi connectivity index (χ0v) is 12.5. The quantitative estimate of drug-likeness (QED) is 0.758. The molecule has 1 aliphatic rings. The summed E-state index contributed by atoms with van der Waals surface area (Å²) in [4.78, 5) is 11.9. The van der Waals surface area contributed by atoms with Crippen LogP contribution in [0, 0.1) is 0 Å². The number of rotatable bonds is 3. The molecular weight excluding hydrogens is 317 g/mol. The third-order valence-corrected chi connectivity index (χ3v) is 3.57. The number of hydrogen-bond acceptors (Lipinski definition) is 2. The van der Waals surface area contributed by atoms with Crippen LogP contribution in [0.1, 0.15) is 16.7 Å². The molecule has 0 saturated heterocycles. The number of ether oxygens (including phenoxy) is 1. The third-order valence-electron chi connectivity index (χ3n) is 3.57.